The number of rotatable bonds is 1. The fraction of sp³-hybridized carbons (Fsp3) is 1.00. The van der Waals surface area contributed by atoms with E-state index in [4.69, 9.17) is 5.73 Å². The zero-order valence-electron chi connectivity index (χ0n) is 4.02. The molecule has 1 saturated carbocycles. The van der Waals surface area contributed by atoms with Crippen molar-refractivity contribution in [2.24, 2.45) is 5.73 Å². The molecule has 0 aromatic carbocycles. The van der Waals surface area contributed by atoms with Crippen LogP contribution in [0, 0.1) is 0 Å². The second kappa shape index (κ2) is 2.28. The van der Waals surface area contributed by atoms with E-state index in [1.54, 1.807) is 0 Å². The normalized spacial score (nSPS) is 40.3. The van der Waals surface area contributed by atoms with Gasteiger partial charge in [-0.3, -0.25) is 3.53 Å². The summed E-state index contributed by atoms with van der Waals surface area (Å²) in [6.45, 7) is 0. The van der Waals surface area contributed by atoms with E-state index in [0.29, 0.717) is 12.1 Å². The molecule has 42 valence electrons. The van der Waals surface area contributed by atoms with Crippen LogP contribution in [-0.2, 0) is 0 Å². The summed E-state index contributed by atoms with van der Waals surface area (Å²) in [6.07, 6.45) is 2.31. The van der Waals surface area contributed by atoms with Crippen LogP contribution in [0.5, 0.6) is 0 Å². The van der Waals surface area contributed by atoms with Crippen molar-refractivity contribution in [3.63, 3.8) is 0 Å². The first-order chi connectivity index (χ1) is 3.33. The number of hydrogen-bond acceptors (Lipinski definition) is 2. The van der Waals surface area contributed by atoms with E-state index in [2.05, 4.69) is 26.4 Å². The van der Waals surface area contributed by atoms with Crippen molar-refractivity contribution in [3.05, 3.63) is 0 Å². The van der Waals surface area contributed by atoms with Crippen LogP contribution in [0.25, 0.3) is 0 Å². The van der Waals surface area contributed by atoms with Crippen LogP contribution < -0.4 is 9.26 Å². The molecule has 0 bridgehead atoms. The van der Waals surface area contributed by atoms with E-state index in [1.165, 1.54) is 0 Å². The fourth-order valence-electron chi connectivity index (χ4n) is 0.751. The maximum atomic E-state index is 5.50. The minimum absolute atomic E-state index is 0.479. The van der Waals surface area contributed by atoms with Gasteiger partial charge in [0.15, 0.2) is 0 Å². The first-order valence-electron chi connectivity index (χ1n) is 2.44. The highest BCUT2D eigenvalue weighted by Crippen LogP contribution is 2.17. The van der Waals surface area contributed by atoms with E-state index in [-0.39, 0.29) is 0 Å². The van der Waals surface area contributed by atoms with Gasteiger partial charge in [0.1, 0.15) is 0 Å². The molecule has 0 aromatic heterocycles. The molecule has 0 unspecified atom stereocenters. The van der Waals surface area contributed by atoms with Gasteiger partial charge in [0.25, 0.3) is 0 Å². The summed E-state index contributed by atoms with van der Waals surface area (Å²) in [4.78, 5) is 0. The van der Waals surface area contributed by atoms with Gasteiger partial charge in [-0.1, -0.05) is 0 Å². The Morgan fingerprint density at radius 2 is 2.14 bits per heavy atom. The van der Waals surface area contributed by atoms with Crippen molar-refractivity contribution in [1.82, 2.24) is 3.53 Å². The summed E-state index contributed by atoms with van der Waals surface area (Å²) < 4.78 is 3.12. The summed E-state index contributed by atoms with van der Waals surface area (Å²) in [7, 11) is 0. The van der Waals surface area contributed by atoms with Crippen LogP contribution >= 0.6 is 22.9 Å². The predicted molar refractivity (Wildman–Crippen MR) is 38.2 cm³/mol. The molecule has 0 amide bonds. The van der Waals surface area contributed by atoms with Gasteiger partial charge in [-0.2, -0.15) is 0 Å². The Bertz CT molecular complexity index is 60.7. The minimum Gasteiger partial charge on any atom is -0.328 e. The van der Waals surface area contributed by atoms with E-state index in [9.17, 15) is 0 Å². The minimum atomic E-state index is 0.479. The van der Waals surface area contributed by atoms with Crippen molar-refractivity contribution >= 4 is 22.9 Å². The van der Waals surface area contributed by atoms with Crippen LogP contribution in [0.2, 0.25) is 0 Å². The third kappa shape index (κ3) is 1.27. The first-order valence-corrected chi connectivity index (χ1v) is 3.52. The Kier molecular flexibility index (Phi) is 1.88. The van der Waals surface area contributed by atoms with Crippen LogP contribution in [0.1, 0.15) is 12.8 Å². The van der Waals surface area contributed by atoms with Crippen molar-refractivity contribution < 1.29 is 0 Å². The van der Waals surface area contributed by atoms with E-state index >= 15 is 0 Å². The zero-order chi connectivity index (χ0) is 5.28. The SMILES string of the molecule is NC1CC(NI)C1. The standard InChI is InChI=1S/C4H9IN2/c5-7-4-1-3(6)2-4/h3-4,7H,1-2,6H2. The van der Waals surface area contributed by atoms with Crippen molar-refractivity contribution in [2.75, 3.05) is 0 Å². The predicted octanol–water partition coefficient (Wildman–Crippen LogP) is 0.416. The Morgan fingerprint density at radius 3 is 2.29 bits per heavy atom. The molecule has 0 saturated heterocycles. The van der Waals surface area contributed by atoms with Crippen molar-refractivity contribution in [3.8, 4) is 0 Å². The number of hydrogen-bond donors (Lipinski definition) is 2. The third-order valence-electron chi connectivity index (χ3n) is 1.33. The molecule has 0 aliphatic heterocycles. The van der Waals surface area contributed by atoms with Crippen LogP contribution in [0.4, 0.5) is 0 Å². The molecule has 2 nitrogen and oxygen atoms in total. The molecule has 1 aliphatic carbocycles. The second-order valence-electron chi connectivity index (χ2n) is 2.04. The molecule has 0 aromatic rings. The number of nitrogens with two attached hydrogens (primary N) is 1. The Labute approximate surface area is 57.3 Å². The molecule has 7 heavy (non-hydrogen) atoms. The highest BCUT2D eigenvalue weighted by molar-refractivity contribution is 14.1. The Balaban J connectivity index is 2.06. The molecule has 3 N–H and O–H groups in total. The smallest absolute Gasteiger partial charge is 0.0192 e. The summed E-state index contributed by atoms with van der Waals surface area (Å²) in [5.74, 6) is 0. The molecule has 1 aliphatic rings. The molecular weight excluding hydrogens is 203 g/mol. The highest BCUT2D eigenvalue weighted by Gasteiger charge is 2.23. The molecule has 1 fully saturated rings. The average molecular weight is 212 g/mol. The topological polar surface area (TPSA) is 38.0 Å². The van der Waals surface area contributed by atoms with Gasteiger partial charge in [-0.25, -0.2) is 0 Å². The van der Waals surface area contributed by atoms with Gasteiger partial charge in [0, 0.05) is 34.9 Å². The third-order valence-corrected chi connectivity index (χ3v) is 2.21. The summed E-state index contributed by atoms with van der Waals surface area (Å²) in [5.41, 5.74) is 5.50. The van der Waals surface area contributed by atoms with Crippen LogP contribution in [-0.4, -0.2) is 12.1 Å². The van der Waals surface area contributed by atoms with Gasteiger partial charge in [-0.15, -0.1) is 0 Å². The van der Waals surface area contributed by atoms with E-state index < -0.39 is 0 Å². The summed E-state index contributed by atoms with van der Waals surface area (Å²) >= 11 is 2.17. The molecule has 0 atom stereocenters. The van der Waals surface area contributed by atoms with Gasteiger partial charge >= 0.3 is 0 Å². The lowest BCUT2D eigenvalue weighted by Crippen LogP contribution is -2.45. The Hall–Kier alpha value is 0.650. The van der Waals surface area contributed by atoms with Crippen LogP contribution in [0.3, 0.4) is 0 Å². The van der Waals surface area contributed by atoms with Crippen LogP contribution in [0.15, 0.2) is 0 Å². The lowest BCUT2D eigenvalue weighted by atomic mass is 9.89. The number of nitrogens with one attached hydrogen (secondary N) is 1. The maximum Gasteiger partial charge on any atom is 0.0192 e. The molecule has 0 spiro atoms. The highest BCUT2D eigenvalue weighted by atomic mass is 127. The molecular formula is C4H9IN2. The monoisotopic (exact) mass is 212 g/mol. The average Bonchev–Trinajstić information content (AvgIpc) is 1.58. The fourth-order valence-corrected chi connectivity index (χ4v) is 1.26. The lowest BCUT2D eigenvalue weighted by molar-refractivity contribution is 0.340. The molecule has 0 heterocycles. The first kappa shape index (κ1) is 5.78. The van der Waals surface area contributed by atoms with Gasteiger partial charge < -0.3 is 5.73 Å². The summed E-state index contributed by atoms with van der Waals surface area (Å²) in [6, 6.07) is 1.18. The second-order valence-corrected chi connectivity index (χ2v) is 2.66. The zero-order valence-corrected chi connectivity index (χ0v) is 6.18. The van der Waals surface area contributed by atoms with Crippen molar-refractivity contribution in [2.45, 2.75) is 24.9 Å². The van der Waals surface area contributed by atoms with Gasteiger partial charge in [0.05, 0.1) is 0 Å². The largest absolute Gasteiger partial charge is 0.328 e. The lowest BCUT2D eigenvalue weighted by Gasteiger charge is -2.30. The number of halogens is 1. The Morgan fingerprint density at radius 1 is 1.57 bits per heavy atom. The van der Waals surface area contributed by atoms with E-state index in [0.717, 1.165) is 12.8 Å². The van der Waals surface area contributed by atoms with Crippen molar-refractivity contribution in [1.29, 1.82) is 0 Å². The van der Waals surface area contributed by atoms with Gasteiger partial charge in [-0.05, 0) is 12.8 Å². The quantitative estimate of drug-likeness (QED) is 0.488. The molecule has 3 heteroatoms. The molecule has 1 rings (SSSR count). The van der Waals surface area contributed by atoms with E-state index in [1.807, 2.05) is 0 Å². The summed E-state index contributed by atoms with van der Waals surface area (Å²) in [5, 5.41) is 0. The maximum absolute atomic E-state index is 5.50. The van der Waals surface area contributed by atoms with Gasteiger partial charge in [0.2, 0.25) is 0 Å². The molecule has 0 radical (unpaired) electrons.